The third kappa shape index (κ3) is 3.70. The minimum absolute atomic E-state index is 0.876. The van der Waals surface area contributed by atoms with Gasteiger partial charge in [-0.1, -0.05) is 34.1 Å². The first kappa shape index (κ1) is 20.5. The van der Waals surface area contributed by atoms with E-state index < -0.39 is 0 Å². The molecule has 0 unspecified atom stereocenters. The van der Waals surface area contributed by atoms with Crippen molar-refractivity contribution in [2.75, 3.05) is 16.5 Å². The lowest BCUT2D eigenvalue weighted by Gasteiger charge is -2.44. The van der Waals surface area contributed by atoms with Gasteiger partial charge in [0.25, 0.3) is 0 Å². The van der Waals surface area contributed by atoms with E-state index in [-0.39, 0.29) is 0 Å². The van der Waals surface area contributed by atoms with Gasteiger partial charge in [-0.05, 0) is 83.4 Å². The highest BCUT2D eigenvalue weighted by Gasteiger charge is 2.29. The highest BCUT2D eigenvalue weighted by molar-refractivity contribution is 9.10. The lowest BCUT2D eigenvalue weighted by atomic mass is 10.0. The number of hydrogen-bond acceptors (Lipinski definition) is 4. The summed E-state index contributed by atoms with van der Waals surface area (Å²) in [5, 5.41) is 0. The maximum atomic E-state index is 4.73. The minimum Gasteiger partial charge on any atom is -0.349 e. The summed E-state index contributed by atoms with van der Waals surface area (Å²) in [4.78, 5) is 17.7. The van der Waals surface area contributed by atoms with Crippen LogP contribution in [0.25, 0.3) is 22.4 Å². The van der Waals surface area contributed by atoms with E-state index in [2.05, 4.69) is 84.2 Å². The van der Waals surface area contributed by atoms with Crippen molar-refractivity contribution >= 4 is 50.2 Å². The summed E-state index contributed by atoms with van der Waals surface area (Å²) in [6.45, 7) is 2.78. The van der Waals surface area contributed by atoms with E-state index in [4.69, 9.17) is 4.99 Å². The number of para-hydroxylation sites is 2. The van der Waals surface area contributed by atoms with Gasteiger partial charge in [0.1, 0.15) is 5.82 Å². The zero-order chi connectivity index (χ0) is 23.4. The van der Waals surface area contributed by atoms with Crippen LogP contribution in [-0.2, 0) is 13.1 Å². The second-order valence-electron chi connectivity index (χ2n) is 9.11. The number of imidazole rings is 1. The number of aromatic nitrogens is 2. The molecular formula is C29H22BrN5. The van der Waals surface area contributed by atoms with Crippen LogP contribution in [0.3, 0.4) is 0 Å². The van der Waals surface area contributed by atoms with E-state index in [0.29, 0.717) is 0 Å². The van der Waals surface area contributed by atoms with Crippen LogP contribution in [-0.4, -0.2) is 22.9 Å². The Morgan fingerprint density at radius 1 is 0.829 bits per heavy atom. The summed E-state index contributed by atoms with van der Waals surface area (Å²) >= 11 is 3.61. The van der Waals surface area contributed by atoms with Gasteiger partial charge < -0.3 is 14.8 Å². The number of benzene rings is 4. The fourth-order valence-corrected chi connectivity index (χ4v) is 5.50. The number of aliphatic imine (C=N–C) groups is 1. The third-order valence-corrected chi connectivity index (χ3v) is 7.28. The smallest absolute Gasteiger partial charge is 0.138 e. The lowest BCUT2D eigenvalue weighted by Crippen LogP contribution is -2.46. The Kier molecular flexibility index (Phi) is 4.74. The Labute approximate surface area is 211 Å². The SMILES string of the molecule is Brc1ccc2c(c1)CN1CN2Cc2cc(C=Nc3ccc(-c4nc5ccccc5[nH]4)cc3)ccc21. The average Bonchev–Trinajstić information content (AvgIpc) is 3.32. The van der Waals surface area contributed by atoms with Gasteiger partial charge in [-0.25, -0.2) is 4.98 Å². The van der Waals surface area contributed by atoms with Crippen LogP contribution in [0.15, 0.2) is 94.4 Å². The zero-order valence-corrected chi connectivity index (χ0v) is 20.5. The second-order valence-corrected chi connectivity index (χ2v) is 10.0. The molecule has 0 spiro atoms. The van der Waals surface area contributed by atoms with Crippen LogP contribution >= 0.6 is 15.9 Å². The van der Waals surface area contributed by atoms with Crippen LogP contribution in [0.2, 0.25) is 0 Å². The van der Waals surface area contributed by atoms with Crippen molar-refractivity contribution in [1.82, 2.24) is 9.97 Å². The van der Waals surface area contributed by atoms with Gasteiger partial charge in [-0.15, -0.1) is 0 Å². The van der Waals surface area contributed by atoms with Crippen molar-refractivity contribution in [3.63, 3.8) is 0 Å². The second kappa shape index (κ2) is 8.10. The summed E-state index contributed by atoms with van der Waals surface area (Å²) < 4.78 is 1.14. The van der Waals surface area contributed by atoms with Crippen LogP contribution in [0, 0.1) is 0 Å². The Balaban J connectivity index is 1.11. The molecule has 0 aliphatic carbocycles. The third-order valence-electron chi connectivity index (χ3n) is 6.78. The topological polar surface area (TPSA) is 47.5 Å². The molecule has 35 heavy (non-hydrogen) atoms. The van der Waals surface area contributed by atoms with Crippen molar-refractivity contribution in [1.29, 1.82) is 0 Å². The van der Waals surface area contributed by atoms with Crippen LogP contribution in [0.5, 0.6) is 0 Å². The maximum absolute atomic E-state index is 4.73. The molecule has 2 aliphatic rings. The first-order valence-corrected chi connectivity index (χ1v) is 12.5. The van der Waals surface area contributed by atoms with E-state index in [1.54, 1.807) is 0 Å². The van der Waals surface area contributed by atoms with Gasteiger partial charge >= 0.3 is 0 Å². The molecule has 1 aromatic heterocycles. The largest absolute Gasteiger partial charge is 0.349 e. The molecule has 0 amide bonds. The normalized spacial score (nSPS) is 14.4. The molecule has 0 radical (unpaired) electrons. The molecule has 170 valence electrons. The fraction of sp³-hybridized carbons (Fsp3) is 0.103. The number of hydrogen-bond donors (Lipinski definition) is 1. The van der Waals surface area contributed by atoms with E-state index in [0.717, 1.165) is 57.9 Å². The Hall–Kier alpha value is -3.90. The number of rotatable bonds is 3. The van der Waals surface area contributed by atoms with Gasteiger partial charge in [0, 0.05) is 40.7 Å². The van der Waals surface area contributed by atoms with Gasteiger partial charge in [-0.3, -0.25) is 4.99 Å². The Morgan fingerprint density at radius 2 is 1.57 bits per heavy atom. The number of halogens is 1. The van der Waals surface area contributed by atoms with Crippen molar-refractivity contribution < 1.29 is 0 Å². The van der Waals surface area contributed by atoms with Gasteiger partial charge in [0.2, 0.25) is 0 Å². The molecule has 5 nitrogen and oxygen atoms in total. The van der Waals surface area contributed by atoms with Crippen LogP contribution < -0.4 is 9.80 Å². The molecular weight excluding hydrogens is 498 g/mol. The molecule has 0 saturated heterocycles. The Bertz CT molecular complexity index is 1570. The molecule has 0 saturated carbocycles. The monoisotopic (exact) mass is 519 g/mol. The van der Waals surface area contributed by atoms with Crippen molar-refractivity contribution in [3.8, 4) is 11.4 Å². The predicted molar refractivity (Wildman–Crippen MR) is 147 cm³/mol. The molecule has 0 fully saturated rings. The van der Waals surface area contributed by atoms with Crippen LogP contribution in [0.1, 0.15) is 16.7 Å². The number of fused-ring (bicyclic) bond motifs is 7. The summed E-state index contributed by atoms with van der Waals surface area (Å²) in [5.41, 5.74) is 10.5. The van der Waals surface area contributed by atoms with Gasteiger partial charge in [0.05, 0.1) is 23.4 Å². The van der Waals surface area contributed by atoms with Crippen molar-refractivity contribution in [2.45, 2.75) is 13.1 Å². The number of nitrogens with one attached hydrogen (secondary N) is 1. The van der Waals surface area contributed by atoms with Gasteiger partial charge in [0.15, 0.2) is 0 Å². The first-order chi connectivity index (χ1) is 17.2. The maximum Gasteiger partial charge on any atom is 0.138 e. The fourth-order valence-electron chi connectivity index (χ4n) is 5.09. The van der Waals surface area contributed by atoms with Crippen LogP contribution in [0.4, 0.5) is 17.1 Å². The molecule has 5 aromatic rings. The summed E-state index contributed by atoms with van der Waals surface area (Å²) in [6, 6.07) is 29.5. The minimum atomic E-state index is 0.876. The molecule has 0 atom stereocenters. The van der Waals surface area contributed by atoms with E-state index in [1.807, 2.05) is 42.6 Å². The highest BCUT2D eigenvalue weighted by Crippen LogP contribution is 2.39. The van der Waals surface area contributed by atoms with E-state index >= 15 is 0 Å². The zero-order valence-electron chi connectivity index (χ0n) is 18.9. The quantitative estimate of drug-likeness (QED) is 0.260. The number of aromatic amines is 1. The Morgan fingerprint density at radius 3 is 2.37 bits per heavy atom. The number of anilines is 2. The molecule has 2 aliphatic heterocycles. The highest BCUT2D eigenvalue weighted by atomic mass is 79.9. The van der Waals surface area contributed by atoms with Crippen molar-refractivity contribution in [2.24, 2.45) is 4.99 Å². The molecule has 7 rings (SSSR count). The number of H-pyrrole nitrogens is 1. The molecule has 2 bridgehead atoms. The summed E-state index contributed by atoms with van der Waals surface area (Å²) in [6.07, 6.45) is 1.95. The van der Waals surface area contributed by atoms with Crippen molar-refractivity contribution in [3.05, 3.63) is 106 Å². The first-order valence-electron chi connectivity index (χ1n) is 11.7. The lowest BCUT2D eigenvalue weighted by molar-refractivity contribution is 0.650. The average molecular weight is 520 g/mol. The summed E-state index contributed by atoms with van der Waals surface area (Å²) in [5.74, 6) is 0.876. The number of nitrogens with zero attached hydrogens (tertiary/aromatic N) is 4. The van der Waals surface area contributed by atoms with Gasteiger partial charge in [-0.2, -0.15) is 0 Å². The molecule has 3 heterocycles. The molecule has 4 aromatic carbocycles. The van der Waals surface area contributed by atoms with E-state index in [1.165, 1.54) is 22.5 Å². The standard InChI is InChI=1S/C29H22BrN5/c30-23-8-12-28-22(14-23)17-35-18-34(28)16-21-13-19(5-11-27(21)35)15-31-24-9-6-20(7-10-24)29-32-25-3-1-2-4-26(25)33-29/h1-15H,16-18H2,(H,32,33). The van der Waals surface area contributed by atoms with E-state index in [9.17, 15) is 0 Å². The molecule has 1 N–H and O–H groups in total. The predicted octanol–water partition coefficient (Wildman–Crippen LogP) is 7.04. The summed E-state index contributed by atoms with van der Waals surface area (Å²) in [7, 11) is 0. The molecule has 6 heteroatoms.